The second kappa shape index (κ2) is 5.28. The Morgan fingerprint density at radius 1 is 1.20 bits per heavy atom. The predicted octanol–water partition coefficient (Wildman–Crippen LogP) is 0.733. The minimum Gasteiger partial charge on any atom is -0.384 e. The first-order valence-corrected chi connectivity index (χ1v) is 6.60. The van der Waals surface area contributed by atoms with Gasteiger partial charge >= 0.3 is 0 Å². The Morgan fingerprint density at radius 3 is 2.55 bits per heavy atom. The summed E-state index contributed by atoms with van der Waals surface area (Å²) >= 11 is 0. The van der Waals surface area contributed by atoms with Crippen LogP contribution in [0.15, 0.2) is 30.9 Å². The Balaban J connectivity index is 1.65. The third-order valence-corrected chi connectivity index (χ3v) is 3.60. The molecule has 0 aliphatic carbocycles. The van der Waals surface area contributed by atoms with E-state index in [-0.39, 0.29) is 5.91 Å². The summed E-state index contributed by atoms with van der Waals surface area (Å²) in [6.45, 7) is 1.41. The zero-order chi connectivity index (χ0) is 13.9. The first-order valence-electron chi connectivity index (χ1n) is 6.60. The standard InChI is InChI=1S/C13H16N6O/c14-12-3-1-2-11(17-12)13(20)18-6-4-10(5-7-18)19-8-15-16-9-19/h1-3,8-10H,4-7H2,(H2,14,17). The molecule has 2 N–H and O–H groups in total. The zero-order valence-corrected chi connectivity index (χ0v) is 11.0. The fourth-order valence-electron chi connectivity index (χ4n) is 2.50. The lowest BCUT2D eigenvalue weighted by Gasteiger charge is -2.32. The van der Waals surface area contributed by atoms with Crippen molar-refractivity contribution < 1.29 is 4.79 Å². The number of anilines is 1. The van der Waals surface area contributed by atoms with E-state index in [1.807, 2.05) is 9.47 Å². The SMILES string of the molecule is Nc1cccc(C(=O)N2CCC(n3cnnc3)CC2)n1. The number of carbonyl (C=O) groups excluding carboxylic acids is 1. The number of hydrogen-bond donors (Lipinski definition) is 1. The molecule has 0 atom stereocenters. The molecule has 3 heterocycles. The molecule has 3 rings (SSSR count). The third-order valence-electron chi connectivity index (χ3n) is 3.60. The summed E-state index contributed by atoms with van der Waals surface area (Å²) in [5.41, 5.74) is 6.02. The molecule has 0 bridgehead atoms. The number of likely N-dealkylation sites (tertiary alicyclic amines) is 1. The van der Waals surface area contributed by atoms with Crippen molar-refractivity contribution in [2.24, 2.45) is 0 Å². The summed E-state index contributed by atoms with van der Waals surface area (Å²) < 4.78 is 2.00. The van der Waals surface area contributed by atoms with Crippen molar-refractivity contribution in [1.82, 2.24) is 24.6 Å². The lowest BCUT2D eigenvalue weighted by atomic mass is 10.0. The Hall–Kier alpha value is -2.44. The lowest BCUT2D eigenvalue weighted by Crippen LogP contribution is -2.39. The van der Waals surface area contributed by atoms with Gasteiger partial charge in [-0.1, -0.05) is 6.07 Å². The highest BCUT2D eigenvalue weighted by molar-refractivity contribution is 5.92. The van der Waals surface area contributed by atoms with Crippen molar-refractivity contribution >= 4 is 11.7 Å². The summed E-state index contributed by atoms with van der Waals surface area (Å²) in [6.07, 6.45) is 5.24. The number of aromatic nitrogens is 4. The Labute approximate surface area is 116 Å². The third kappa shape index (κ3) is 2.47. The smallest absolute Gasteiger partial charge is 0.272 e. The topological polar surface area (TPSA) is 89.9 Å². The molecule has 0 saturated carbocycles. The largest absolute Gasteiger partial charge is 0.384 e. The molecule has 104 valence electrons. The van der Waals surface area contributed by atoms with Gasteiger partial charge in [-0.05, 0) is 25.0 Å². The number of pyridine rings is 1. The van der Waals surface area contributed by atoms with E-state index in [9.17, 15) is 4.79 Å². The van der Waals surface area contributed by atoms with Crippen LogP contribution in [0.5, 0.6) is 0 Å². The summed E-state index contributed by atoms with van der Waals surface area (Å²) in [5.74, 6) is 0.315. The van der Waals surface area contributed by atoms with Gasteiger partial charge in [0.05, 0.1) is 0 Å². The van der Waals surface area contributed by atoms with Gasteiger partial charge in [0.2, 0.25) is 0 Å². The van der Waals surface area contributed by atoms with Gasteiger partial charge in [0.1, 0.15) is 24.2 Å². The second-order valence-corrected chi connectivity index (χ2v) is 4.88. The number of piperidine rings is 1. The van der Waals surface area contributed by atoms with Crippen LogP contribution in [0.3, 0.4) is 0 Å². The van der Waals surface area contributed by atoms with Crippen LogP contribution in [0, 0.1) is 0 Å². The normalized spacial score (nSPS) is 16.3. The van der Waals surface area contributed by atoms with Crippen LogP contribution in [-0.2, 0) is 0 Å². The molecule has 1 fully saturated rings. The molecular weight excluding hydrogens is 256 g/mol. The quantitative estimate of drug-likeness (QED) is 0.870. The molecule has 7 nitrogen and oxygen atoms in total. The van der Waals surface area contributed by atoms with E-state index in [1.54, 1.807) is 30.9 Å². The molecular formula is C13H16N6O. The molecule has 7 heteroatoms. The fraction of sp³-hybridized carbons (Fsp3) is 0.385. The molecule has 0 radical (unpaired) electrons. The highest BCUT2D eigenvalue weighted by atomic mass is 16.2. The number of nitrogens with two attached hydrogens (primary N) is 1. The molecule has 2 aromatic heterocycles. The van der Waals surface area contributed by atoms with Gasteiger partial charge in [0.15, 0.2) is 0 Å². The summed E-state index contributed by atoms with van der Waals surface area (Å²) in [4.78, 5) is 18.2. The molecule has 2 aromatic rings. The predicted molar refractivity (Wildman–Crippen MR) is 72.8 cm³/mol. The first kappa shape index (κ1) is 12.6. The van der Waals surface area contributed by atoms with E-state index in [1.165, 1.54) is 0 Å². The van der Waals surface area contributed by atoms with Crippen LogP contribution in [0.1, 0.15) is 29.4 Å². The van der Waals surface area contributed by atoms with Gasteiger partial charge in [-0.3, -0.25) is 4.79 Å². The first-order chi connectivity index (χ1) is 9.74. The number of nitrogens with zero attached hydrogens (tertiary/aromatic N) is 5. The van der Waals surface area contributed by atoms with Gasteiger partial charge in [-0.15, -0.1) is 10.2 Å². The van der Waals surface area contributed by atoms with Crippen molar-refractivity contribution in [3.8, 4) is 0 Å². The average Bonchev–Trinajstić information content (AvgIpc) is 3.01. The van der Waals surface area contributed by atoms with Gasteiger partial charge in [0, 0.05) is 19.1 Å². The van der Waals surface area contributed by atoms with Gasteiger partial charge in [-0.2, -0.15) is 0 Å². The van der Waals surface area contributed by atoms with Crippen LogP contribution >= 0.6 is 0 Å². The second-order valence-electron chi connectivity index (χ2n) is 4.88. The summed E-state index contributed by atoms with van der Waals surface area (Å²) in [7, 11) is 0. The van der Waals surface area contributed by atoms with E-state index in [0.29, 0.717) is 30.6 Å². The van der Waals surface area contributed by atoms with Crippen LogP contribution in [0.4, 0.5) is 5.82 Å². The molecule has 20 heavy (non-hydrogen) atoms. The number of amides is 1. The minimum absolute atomic E-state index is 0.0560. The highest BCUT2D eigenvalue weighted by Gasteiger charge is 2.25. The maximum Gasteiger partial charge on any atom is 0.272 e. The minimum atomic E-state index is -0.0560. The van der Waals surface area contributed by atoms with Crippen LogP contribution in [0.25, 0.3) is 0 Å². The maximum absolute atomic E-state index is 12.3. The van der Waals surface area contributed by atoms with Gasteiger partial charge in [0.25, 0.3) is 5.91 Å². The van der Waals surface area contributed by atoms with Crippen molar-refractivity contribution in [3.05, 3.63) is 36.5 Å². The number of nitrogen functional groups attached to an aromatic ring is 1. The molecule has 1 amide bonds. The van der Waals surface area contributed by atoms with Crippen molar-refractivity contribution in [2.75, 3.05) is 18.8 Å². The average molecular weight is 272 g/mol. The zero-order valence-electron chi connectivity index (χ0n) is 11.0. The number of hydrogen-bond acceptors (Lipinski definition) is 5. The fourth-order valence-corrected chi connectivity index (χ4v) is 2.50. The van der Waals surface area contributed by atoms with E-state index in [0.717, 1.165) is 12.8 Å². The Kier molecular flexibility index (Phi) is 3.32. The van der Waals surface area contributed by atoms with Gasteiger partial charge in [-0.25, -0.2) is 4.98 Å². The van der Waals surface area contributed by atoms with Gasteiger partial charge < -0.3 is 15.2 Å². The van der Waals surface area contributed by atoms with Crippen molar-refractivity contribution in [2.45, 2.75) is 18.9 Å². The van der Waals surface area contributed by atoms with E-state index >= 15 is 0 Å². The Morgan fingerprint density at radius 2 is 1.90 bits per heavy atom. The number of carbonyl (C=O) groups is 1. The highest BCUT2D eigenvalue weighted by Crippen LogP contribution is 2.22. The molecule has 0 aromatic carbocycles. The Bertz CT molecular complexity index is 589. The van der Waals surface area contributed by atoms with Crippen LogP contribution < -0.4 is 5.73 Å². The molecule has 1 aliphatic rings. The molecule has 0 unspecified atom stereocenters. The van der Waals surface area contributed by atoms with E-state index < -0.39 is 0 Å². The van der Waals surface area contributed by atoms with E-state index in [4.69, 9.17) is 5.73 Å². The molecule has 1 saturated heterocycles. The number of rotatable bonds is 2. The van der Waals surface area contributed by atoms with Crippen LogP contribution in [0.2, 0.25) is 0 Å². The molecule has 0 spiro atoms. The van der Waals surface area contributed by atoms with Crippen molar-refractivity contribution in [1.29, 1.82) is 0 Å². The summed E-state index contributed by atoms with van der Waals surface area (Å²) in [5, 5.41) is 7.63. The monoisotopic (exact) mass is 272 g/mol. The van der Waals surface area contributed by atoms with E-state index in [2.05, 4.69) is 15.2 Å². The lowest BCUT2D eigenvalue weighted by molar-refractivity contribution is 0.0688. The maximum atomic E-state index is 12.3. The molecule has 1 aliphatic heterocycles. The summed E-state index contributed by atoms with van der Waals surface area (Å²) in [6, 6.07) is 5.49. The van der Waals surface area contributed by atoms with Crippen LogP contribution in [-0.4, -0.2) is 43.6 Å². The van der Waals surface area contributed by atoms with Crippen molar-refractivity contribution in [3.63, 3.8) is 0 Å².